The van der Waals surface area contributed by atoms with E-state index in [0.29, 0.717) is 11.4 Å². The second-order valence-corrected chi connectivity index (χ2v) is 7.99. The van der Waals surface area contributed by atoms with Crippen LogP contribution in [-0.2, 0) is 13.0 Å². The molecule has 5 nitrogen and oxygen atoms in total. The van der Waals surface area contributed by atoms with Crippen LogP contribution in [0.5, 0.6) is 0 Å². The molecule has 1 aliphatic rings. The van der Waals surface area contributed by atoms with Gasteiger partial charge in [-0.2, -0.15) is 0 Å². The molecular formula is C19H22N2O3S. The van der Waals surface area contributed by atoms with Gasteiger partial charge in [-0.25, -0.2) is 4.79 Å². The Morgan fingerprint density at radius 1 is 1.16 bits per heavy atom. The highest BCUT2D eigenvalue weighted by Gasteiger charge is 2.30. The molecule has 2 N–H and O–H groups in total. The average molecular weight is 358 g/mol. The largest absolute Gasteiger partial charge is 0.477 e. The number of nitrogens with one attached hydrogen (secondary N) is 1. The molecule has 2 heterocycles. The van der Waals surface area contributed by atoms with Gasteiger partial charge in [0.1, 0.15) is 4.88 Å². The molecular weight excluding hydrogens is 336 g/mol. The first-order valence-electron chi connectivity index (χ1n) is 8.30. The van der Waals surface area contributed by atoms with Gasteiger partial charge in [0.15, 0.2) is 0 Å². The summed E-state index contributed by atoms with van der Waals surface area (Å²) in [7, 11) is 0. The number of fused-ring (bicyclic) bond motifs is 1. The average Bonchev–Trinajstić information content (AvgIpc) is 3.10. The summed E-state index contributed by atoms with van der Waals surface area (Å²) in [6, 6.07) is 11.5. The Labute approximate surface area is 151 Å². The van der Waals surface area contributed by atoms with Gasteiger partial charge in [-0.05, 0) is 43.5 Å². The number of carbonyl (C=O) groups excluding carboxylic acids is 1. The van der Waals surface area contributed by atoms with Crippen LogP contribution >= 0.6 is 11.3 Å². The molecule has 0 aliphatic carbocycles. The van der Waals surface area contributed by atoms with E-state index >= 15 is 0 Å². The van der Waals surface area contributed by atoms with Crippen LogP contribution in [0.1, 0.15) is 44.3 Å². The lowest BCUT2D eigenvalue weighted by Crippen LogP contribution is -2.53. The molecule has 1 amide bonds. The van der Waals surface area contributed by atoms with E-state index in [9.17, 15) is 9.59 Å². The SMILES string of the molecule is CC(C)(CNC(=O)c1ccc(C(=O)O)s1)N1CCc2ccccc2C1. The van der Waals surface area contributed by atoms with Crippen LogP contribution in [-0.4, -0.2) is 40.5 Å². The van der Waals surface area contributed by atoms with Gasteiger partial charge in [0.25, 0.3) is 5.91 Å². The van der Waals surface area contributed by atoms with E-state index < -0.39 is 5.97 Å². The lowest BCUT2D eigenvalue weighted by Gasteiger charge is -2.41. The number of carbonyl (C=O) groups is 2. The Kier molecular flexibility index (Phi) is 4.92. The first-order valence-corrected chi connectivity index (χ1v) is 9.11. The number of aromatic carboxylic acids is 1. The number of thiophene rings is 1. The van der Waals surface area contributed by atoms with Gasteiger partial charge in [0.05, 0.1) is 4.88 Å². The summed E-state index contributed by atoms with van der Waals surface area (Å²) in [5.74, 6) is -1.22. The molecule has 0 radical (unpaired) electrons. The molecule has 0 saturated heterocycles. The van der Waals surface area contributed by atoms with E-state index in [1.807, 2.05) is 0 Å². The first-order chi connectivity index (χ1) is 11.9. The summed E-state index contributed by atoms with van der Waals surface area (Å²) < 4.78 is 0. The lowest BCUT2D eigenvalue weighted by atomic mass is 9.94. The zero-order chi connectivity index (χ0) is 18.0. The molecule has 25 heavy (non-hydrogen) atoms. The molecule has 1 aromatic carbocycles. The molecule has 2 aromatic rings. The number of nitrogens with zero attached hydrogens (tertiary/aromatic N) is 1. The zero-order valence-electron chi connectivity index (χ0n) is 14.4. The van der Waals surface area contributed by atoms with Crippen LogP contribution in [0.4, 0.5) is 0 Å². The van der Waals surface area contributed by atoms with Gasteiger partial charge in [0, 0.05) is 25.2 Å². The predicted octanol–water partition coefficient (Wildman–Crippen LogP) is 3.01. The molecule has 6 heteroatoms. The predicted molar refractivity (Wildman–Crippen MR) is 98.2 cm³/mol. The summed E-state index contributed by atoms with van der Waals surface area (Å²) in [6.07, 6.45) is 1.01. The molecule has 132 valence electrons. The van der Waals surface area contributed by atoms with Gasteiger partial charge in [-0.1, -0.05) is 24.3 Å². The highest BCUT2D eigenvalue weighted by molar-refractivity contribution is 7.15. The van der Waals surface area contributed by atoms with Crippen molar-refractivity contribution in [3.8, 4) is 0 Å². The number of benzene rings is 1. The van der Waals surface area contributed by atoms with Gasteiger partial charge < -0.3 is 10.4 Å². The Morgan fingerprint density at radius 2 is 1.84 bits per heavy atom. The second kappa shape index (κ2) is 6.98. The molecule has 1 aliphatic heterocycles. The normalized spacial score (nSPS) is 14.8. The number of hydrogen-bond acceptors (Lipinski definition) is 4. The zero-order valence-corrected chi connectivity index (χ0v) is 15.2. The molecule has 1 aromatic heterocycles. The fourth-order valence-electron chi connectivity index (χ4n) is 3.08. The maximum Gasteiger partial charge on any atom is 0.345 e. The van der Waals surface area contributed by atoms with Crippen LogP contribution in [0.15, 0.2) is 36.4 Å². The van der Waals surface area contributed by atoms with Crippen LogP contribution < -0.4 is 5.32 Å². The molecule has 0 fully saturated rings. The third-order valence-corrected chi connectivity index (χ3v) is 5.78. The van der Waals surface area contributed by atoms with Gasteiger partial charge in [-0.15, -0.1) is 11.3 Å². The Balaban J connectivity index is 1.61. The number of hydrogen-bond donors (Lipinski definition) is 2. The van der Waals surface area contributed by atoms with Crippen LogP contribution in [0.2, 0.25) is 0 Å². The summed E-state index contributed by atoms with van der Waals surface area (Å²) in [5.41, 5.74) is 2.56. The van der Waals surface area contributed by atoms with E-state index in [2.05, 4.69) is 48.3 Å². The summed E-state index contributed by atoms with van der Waals surface area (Å²) in [6.45, 7) is 6.59. The van der Waals surface area contributed by atoms with Gasteiger partial charge in [-0.3, -0.25) is 9.69 Å². The fraction of sp³-hybridized carbons (Fsp3) is 0.368. The Hall–Kier alpha value is -2.18. The van der Waals surface area contributed by atoms with E-state index in [-0.39, 0.29) is 16.3 Å². The van der Waals surface area contributed by atoms with Crippen molar-refractivity contribution in [1.29, 1.82) is 0 Å². The standard InChI is InChI=1S/C19H22N2O3S/c1-19(2,21-10-9-13-5-3-4-6-14(13)11-21)12-20-17(22)15-7-8-16(25-15)18(23)24/h3-8H,9-12H2,1-2H3,(H,20,22)(H,23,24). The molecule has 3 rings (SSSR count). The lowest BCUT2D eigenvalue weighted by molar-refractivity contribution is 0.0702. The maximum absolute atomic E-state index is 12.3. The second-order valence-electron chi connectivity index (χ2n) is 6.90. The fourth-order valence-corrected chi connectivity index (χ4v) is 3.84. The van der Waals surface area contributed by atoms with Crippen LogP contribution in [0, 0.1) is 0 Å². The van der Waals surface area contributed by atoms with Crippen molar-refractivity contribution in [3.63, 3.8) is 0 Å². The molecule has 0 unspecified atom stereocenters. The monoisotopic (exact) mass is 358 g/mol. The van der Waals surface area contributed by atoms with E-state index in [4.69, 9.17) is 5.11 Å². The number of carboxylic acids is 1. The summed E-state index contributed by atoms with van der Waals surface area (Å²) in [4.78, 5) is 26.2. The third kappa shape index (κ3) is 3.91. The minimum absolute atomic E-state index is 0.178. The number of rotatable bonds is 5. The van der Waals surface area contributed by atoms with Crippen molar-refractivity contribution in [1.82, 2.24) is 10.2 Å². The number of carboxylic acid groups (broad SMARTS) is 1. The molecule has 0 atom stereocenters. The maximum atomic E-state index is 12.3. The Bertz CT molecular complexity index is 797. The Morgan fingerprint density at radius 3 is 2.52 bits per heavy atom. The van der Waals surface area contributed by atoms with Crippen molar-refractivity contribution in [2.75, 3.05) is 13.1 Å². The smallest absolute Gasteiger partial charge is 0.345 e. The molecule has 0 spiro atoms. The summed E-state index contributed by atoms with van der Waals surface area (Å²) in [5, 5.41) is 11.9. The highest BCUT2D eigenvalue weighted by Crippen LogP contribution is 2.25. The van der Waals surface area contributed by atoms with Gasteiger partial charge >= 0.3 is 5.97 Å². The van der Waals surface area contributed by atoms with Crippen molar-refractivity contribution in [3.05, 3.63) is 57.3 Å². The van der Waals surface area contributed by atoms with Crippen molar-refractivity contribution >= 4 is 23.2 Å². The third-order valence-electron chi connectivity index (χ3n) is 4.71. The van der Waals surface area contributed by atoms with Crippen molar-refractivity contribution < 1.29 is 14.7 Å². The summed E-state index contributed by atoms with van der Waals surface area (Å²) >= 11 is 1.00. The highest BCUT2D eigenvalue weighted by atomic mass is 32.1. The number of amides is 1. The van der Waals surface area contributed by atoms with E-state index in [0.717, 1.165) is 30.8 Å². The first kappa shape index (κ1) is 17.6. The van der Waals surface area contributed by atoms with Crippen LogP contribution in [0.3, 0.4) is 0 Å². The van der Waals surface area contributed by atoms with Gasteiger partial charge in [0.2, 0.25) is 0 Å². The van der Waals surface area contributed by atoms with Crippen LogP contribution in [0.25, 0.3) is 0 Å². The molecule has 0 saturated carbocycles. The van der Waals surface area contributed by atoms with E-state index in [1.165, 1.54) is 17.2 Å². The van der Waals surface area contributed by atoms with E-state index in [1.54, 1.807) is 6.07 Å². The van der Waals surface area contributed by atoms with Crippen molar-refractivity contribution in [2.45, 2.75) is 32.4 Å². The minimum Gasteiger partial charge on any atom is -0.477 e. The minimum atomic E-state index is -1.00. The topological polar surface area (TPSA) is 69.6 Å². The quantitative estimate of drug-likeness (QED) is 0.862. The van der Waals surface area contributed by atoms with Crippen molar-refractivity contribution in [2.24, 2.45) is 0 Å². The molecule has 0 bridgehead atoms.